The van der Waals surface area contributed by atoms with Crippen LogP contribution < -0.4 is 0 Å². The molecule has 3 nitrogen and oxygen atoms in total. The largest absolute Gasteiger partial charge is 0.387 e. The lowest BCUT2D eigenvalue weighted by atomic mass is 10.1. The molecule has 0 spiro atoms. The highest BCUT2D eigenvalue weighted by Crippen LogP contribution is 2.27. The standard InChI is InChI=1S/C15H23FN2O/c1-3-13-6-4-11(2)18(13)9-8-15(19)14-7-5-12(16)10-17-14/h5,7,10-11,13,15,19H,3-4,6,8-9H2,1-2H3. The van der Waals surface area contributed by atoms with Crippen LogP contribution in [-0.2, 0) is 0 Å². The van der Waals surface area contributed by atoms with Crippen molar-refractivity contribution in [3.8, 4) is 0 Å². The van der Waals surface area contributed by atoms with Gasteiger partial charge < -0.3 is 5.11 Å². The first-order valence-corrected chi connectivity index (χ1v) is 7.17. The summed E-state index contributed by atoms with van der Waals surface area (Å²) in [5, 5.41) is 10.1. The minimum atomic E-state index is -0.606. The van der Waals surface area contributed by atoms with Crippen LogP contribution in [0.15, 0.2) is 18.3 Å². The third-order valence-electron chi connectivity index (χ3n) is 4.18. The van der Waals surface area contributed by atoms with Crippen molar-refractivity contribution in [1.82, 2.24) is 9.88 Å². The average molecular weight is 266 g/mol. The van der Waals surface area contributed by atoms with E-state index in [-0.39, 0.29) is 5.82 Å². The fourth-order valence-electron chi connectivity index (χ4n) is 2.97. The molecule has 0 aliphatic carbocycles. The van der Waals surface area contributed by atoms with Crippen LogP contribution in [0.2, 0.25) is 0 Å². The Labute approximate surface area is 114 Å². The molecule has 1 aliphatic rings. The van der Waals surface area contributed by atoms with E-state index in [1.54, 1.807) is 6.07 Å². The molecule has 0 radical (unpaired) electrons. The minimum absolute atomic E-state index is 0.366. The Hall–Kier alpha value is -1.00. The van der Waals surface area contributed by atoms with E-state index in [0.29, 0.717) is 24.2 Å². The predicted molar refractivity (Wildman–Crippen MR) is 73.3 cm³/mol. The normalized spacial score (nSPS) is 25.7. The van der Waals surface area contributed by atoms with Crippen LogP contribution in [0.3, 0.4) is 0 Å². The first-order chi connectivity index (χ1) is 9.11. The molecule has 1 aromatic rings. The Bertz CT molecular complexity index is 396. The molecule has 1 saturated heterocycles. The van der Waals surface area contributed by atoms with Crippen LogP contribution in [0.4, 0.5) is 4.39 Å². The maximum absolute atomic E-state index is 12.8. The first kappa shape index (κ1) is 14.4. The maximum atomic E-state index is 12.8. The van der Waals surface area contributed by atoms with Crippen molar-refractivity contribution in [1.29, 1.82) is 0 Å². The van der Waals surface area contributed by atoms with Crippen molar-refractivity contribution in [2.24, 2.45) is 0 Å². The maximum Gasteiger partial charge on any atom is 0.141 e. The summed E-state index contributed by atoms with van der Waals surface area (Å²) in [6, 6.07) is 4.14. The third kappa shape index (κ3) is 3.51. The summed E-state index contributed by atoms with van der Waals surface area (Å²) < 4.78 is 12.8. The highest BCUT2D eigenvalue weighted by atomic mass is 19.1. The summed E-state index contributed by atoms with van der Waals surface area (Å²) in [4.78, 5) is 6.42. The molecule has 0 bridgehead atoms. The van der Waals surface area contributed by atoms with Crippen molar-refractivity contribution < 1.29 is 9.50 Å². The molecule has 1 fully saturated rings. The molecule has 4 heteroatoms. The molecule has 19 heavy (non-hydrogen) atoms. The zero-order chi connectivity index (χ0) is 13.8. The lowest BCUT2D eigenvalue weighted by molar-refractivity contribution is 0.120. The molecule has 1 aliphatic heterocycles. The highest BCUT2D eigenvalue weighted by molar-refractivity contribution is 5.08. The zero-order valence-corrected chi connectivity index (χ0v) is 11.7. The number of halogens is 1. The summed E-state index contributed by atoms with van der Waals surface area (Å²) in [7, 11) is 0. The van der Waals surface area contributed by atoms with Gasteiger partial charge in [0.1, 0.15) is 5.82 Å². The molecule has 1 aromatic heterocycles. The predicted octanol–water partition coefficient (Wildman–Crippen LogP) is 2.91. The number of hydrogen-bond acceptors (Lipinski definition) is 3. The minimum Gasteiger partial charge on any atom is -0.387 e. The van der Waals surface area contributed by atoms with Gasteiger partial charge in [-0.2, -0.15) is 0 Å². The molecule has 3 unspecified atom stereocenters. The van der Waals surface area contributed by atoms with Crippen molar-refractivity contribution in [3.63, 3.8) is 0 Å². The summed E-state index contributed by atoms with van der Waals surface area (Å²) in [5.74, 6) is -0.366. The van der Waals surface area contributed by atoms with Gasteiger partial charge in [0, 0.05) is 18.6 Å². The summed E-state index contributed by atoms with van der Waals surface area (Å²) in [6.07, 6.45) is 4.86. The molecule has 3 atom stereocenters. The Morgan fingerprint density at radius 1 is 1.47 bits per heavy atom. The lowest BCUT2D eigenvalue weighted by Crippen LogP contribution is -2.35. The van der Waals surface area contributed by atoms with E-state index in [1.807, 2.05) is 0 Å². The topological polar surface area (TPSA) is 36.4 Å². The average Bonchev–Trinajstić information content (AvgIpc) is 2.77. The highest BCUT2D eigenvalue weighted by Gasteiger charge is 2.29. The van der Waals surface area contributed by atoms with Gasteiger partial charge in [0.15, 0.2) is 0 Å². The molecule has 0 amide bonds. The van der Waals surface area contributed by atoms with E-state index in [1.165, 1.54) is 18.9 Å². The quantitative estimate of drug-likeness (QED) is 0.890. The number of aliphatic hydroxyl groups excluding tert-OH is 1. The Morgan fingerprint density at radius 3 is 2.89 bits per heavy atom. The molecule has 2 heterocycles. The van der Waals surface area contributed by atoms with E-state index in [4.69, 9.17) is 0 Å². The van der Waals surface area contributed by atoms with Crippen LogP contribution in [0, 0.1) is 5.82 Å². The van der Waals surface area contributed by atoms with Crippen molar-refractivity contribution >= 4 is 0 Å². The zero-order valence-electron chi connectivity index (χ0n) is 11.7. The monoisotopic (exact) mass is 266 g/mol. The van der Waals surface area contributed by atoms with E-state index in [0.717, 1.165) is 19.2 Å². The van der Waals surface area contributed by atoms with Crippen LogP contribution in [0.25, 0.3) is 0 Å². The van der Waals surface area contributed by atoms with E-state index in [2.05, 4.69) is 23.7 Å². The molecule has 0 aromatic carbocycles. The van der Waals surface area contributed by atoms with Crippen LogP contribution in [0.1, 0.15) is 51.3 Å². The summed E-state index contributed by atoms with van der Waals surface area (Å²) in [5.41, 5.74) is 0.557. The number of nitrogens with zero attached hydrogens (tertiary/aromatic N) is 2. The second kappa shape index (κ2) is 6.44. The summed E-state index contributed by atoms with van der Waals surface area (Å²) >= 11 is 0. The van der Waals surface area contributed by atoms with Gasteiger partial charge in [-0.15, -0.1) is 0 Å². The fourth-order valence-corrected chi connectivity index (χ4v) is 2.97. The van der Waals surface area contributed by atoms with E-state index in [9.17, 15) is 9.50 Å². The van der Waals surface area contributed by atoms with Gasteiger partial charge in [-0.05, 0) is 44.7 Å². The smallest absolute Gasteiger partial charge is 0.141 e. The number of pyridine rings is 1. The Morgan fingerprint density at radius 2 is 2.26 bits per heavy atom. The Kier molecular flexibility index (Phi) is 4.88. The molecular formula is C15H23FN2O. The lowest BCUT2D eigenvalue weighted by Gasteiger charge is -2.28. The third-order valence-corrected chi connectivity index (χ3v) is 4.18. The summed E-state index contributed by atoms with van der Waals surface area (Å²) in [6.45, 7) is 5.34. The second-order valence-corrected chi connectivity index (χ2v) is 5.43. The first-order valence-electron chi connectivity index (χ1n) is 7.17. The number of hydrogen-bond donors (Lipinski definition) is 1. The van der Waals surface area contributed by atoms with Crippen LogP contribution in [-0.4, -0.2) is 33.6 Å². The van der Waals surface area contributed by atoms with Gasteiger partial charge in [-0.25, -0.2) is 4.39 Å². The van der Waals surface area contributed by atoms with E-state index >= 15 is 0 Å². The van der Waals surface area contributed by atoms with Gasteiger partial charge >= 0.3 is 0 Å². The number of aliphatic hydroxyl groups is 1. The van der Waals surface area contributed by atoms with Gasteiger partial charge in [0.2, 0.25) is 0 Å². The fraction of sp³-hybridized carbons (Fsp3) is 0.667. The Balaban J connectivity index is 1.89. The molecule has 106 valence electrons. The van der Waals surface area contributed by atoms with Gasteiger partial charge in [-0.1, -0.05) is 6.92 Å². The molecular weight excluding hydrogens is 243 g/mol. The van der Waals surface area contributed by atoms with Crippen LogP contribution in [0.5, 0.6) is 0 Å². The van der Waals surface area contributed by atoms with E-state index < -0.39 is 6.10 Å². The van der Waals surface area contributed by atoms with Crippen molar-refractivity contribution in [2.45, 2.75) is 57.7 Å². The number of likely N-dealkylation sites (tertiary alicyclic amines) is 1. The number of aromatic nitrogens is 1. The van der Waals surface area contributed by atoms with Crippen molar-refractivity contribution in [3.05, 3.63) is 29.8 Å². The number of rotatable bonds is 5. The molecule has 2 rings (SSSR count). The van der Waals surface area contributed by atoms with Gasteiger partial charge in [0.05, 0.1) is 18.0 Å². The van der Waals surface area contributed by atoms with Crippen LogP contribution >= 0.6 is 0 Å². The molecule has 0 saturated carbocycles. The van der Waals surface area contributed by atoms with Crippen molar-refractivity contribution in [2.75, 3.05) is 6.54 Å². The SMILES string of the molecule is CCC1CCC(C)N1CCC(O)c1ccc(F)cn1. The second-order valence-electron chi connectivity index (χ2n) is 5.43. The van der Waals surface area contributed by atoms with Gasteiger partial charge in [0.25, 0.3) is 0 Å². The molecule has 1 N–H and O–H groups in total. The van der Waals surface area contributed by atoms with Gasteiger partial charge in [-0.3, -0.25) is 9.88 Å².